The largest absolute Gasteiger partial charge is 0.197 e. The van der Waals surface area contributed by atoms with Gasteiger partial charge in [0.1, 0.15) is 0 Å². The van der Waals surface area contributed by atoms with Gasteiger partial charge in [0.2, 0.25) is 0 Å². The Morgan fingerprint density at radius 2 is 0.500 bits per heavy atom. The van der Waals surface area contributed by atoms with Crippen molar-refractivity contribution in [3.63, 3.8) is 0 Å². The van der Waals surface area contributed by atoms with Crippen LogP contribution in [-0.4, -0.2) is 0 Å². The highest BCUT2D eigenvalue weighted by Crippen LogP contribution is 0.650. The van der Waals surface area contributed by atoms with Crippen molar-refractivity contribution in [2.24, 2.45) is 0 Å². The minimum absolute atomic E-state index is 0. The molecule has 0 saturated carbocycles. The molecule has 3 heteroatoms. The first-order valence-corrected chi connectivity index (χ1v) is 0. The maximum atomic E-state index is 0. The van der Waals surface area contributed by atoms with Crippen LogP contribution in [0.1, 0.15) is 7.43 Å². The SMILES string of the molecule is C.S.S.S. The smallest absolute Gasteiger partial charge is 0.0776 e. The Morgan fingerprint density at radius 3 is 0.500 bits per heavy atom. The first kappa shape index (κ1) is 75.1. The van der Waals surface area contributed by atoms with E-state index in [1.807, 2.05) is 0 Å². The molecule has 0 radical (unpaired) electrons. The quantitative estimate of drug-likeness (QED) is 0.445. The van der Waals surface area contributed by atoms with Crippen LogP contribution < -0.4 is 0 Å². The third-order valence-electron chi connectivity index (χ3n) is 0. The first-order chi connectivity index (χ1) is 0. The van der Waals surface area contributed by atoms with E-state index in [0.717, 1.165) is 0 Å². The van der Waals surface area contributed by atoms with Gasteiger partial charge in [0.25, 0.3) is 0 Å². The van der Waals surface area contributed by atoms with E-state index in [4.69, 9.17) is 0 Å². The van der Waals surface area contributed by atoms with E-state index in [1.165, 1.54) is 0 Å². The van der Waals surface area contributed by atoms with Gasteiger partial charge in [-0.05, 0) is 0 Å². The zero-order chi connectivity index (χ0) is 0. The van der Waals surface area contributed by atoms with Crippen molar-refractivity contribution < 1.29 is 0 Å². The molecule has 0 rings (SSSR count). The highest BCUT2D eigenvalue weighted by molar-refractivity contribution is 7.59. The van der Waals surface area contributed by atoms with Crippen molar-refractivity contribution in [2.45, 2.75) is 7.43 Å². The fourth-order valence-corrected chi connectivity index (χ4v) is 0. The first-order valence-electron chi connectivity index (χ1n) is 0. The minimum atomic E-state index is 0. The monoisotopic (exact) mass is 118 g/mol. The van der Waals surface area contributed by atoms with Gasteiger partial charge >= 0.3 is 0 Å². The van der Waals surface area contributed by atoms with Crippen LogP contribution >= 0.6 is 40.5 Å². The van der Waals surface area contributed by atoms with Gasteiger partial charge in [0.15, 0.2) is 0 Å². The average Bonchev–Trinajstić information content (AvgIpc) is 0. The van der Waals surface area contributed by atoms with E-state index in [0.29, 0.717) is 0 Å². The Bertz CT molecular complexity index is 3.25. The molecule has 0 heterocycles. The molecule has 0 aromatic heterocycles. The summed E-state index contributed by atoms with van der Waals surface area (Å²) in [4.78, 5) is 0. The molecule has 0 unspecified atom stereocenters. The van der Waals surface area contributed by atoms with Crippen LogP contribution in [0.5, 0.6) is 0 Å². The van der Waals surface area contributed by atoms with E-state index in [1.54, 1.807) is 0 Å². The number of hydrogen-bond acceptors (Lipinski definition) is 0. The molecule has 0 aliphatic heterocycles. The van der Waals surface area contributed by atoms with Gasteiger partial charge in [0, 0.05) is 0 Å². The summed E-state index contributed by atoms with van der Waals surface area (Å²) in [6, 6.07) is 0. The summed E-state index contributed by atoms with van der Waals surface area (Å²) >= 11 is 0. The van der Waals surface area contributed by atoms with Crippen molar-refractivity contribution in [2.75, 3.05) is 0 Å². The summed E-state index contributed by atoms with van der Waals surface area (Å²) in [6.45, 7) is 0. The molecule has 0 fully saturated rings. The number of rotatable bonds is 0. The van der Waals surface area contributed by atoms with Crippen molar-refractivity contribution in [3.8, 4) is 0 Å². The van der Waals surface area contributed by atoms with Gasteiger partial charge < -0.3 is 0 Å². The zero-order valence-corrected chi connectivity index (χ0v) is 4.50. The van der Waals surface area contributed by atoms with Crippen LogP contribution in [0, 0.1) is 0 Å². The van der Waals surface area contributed by atoms with Gasteiger partial charge in [-0.1, -0.05) is 7.43 Å². The average molecular weight is 118 g/mol. The van der Waals surface area contributed by atoms with E-state index in [2.05, 4.69) is 0 Å². The normalized spacial score (nSPS) is 0. The Kier molecular flexibility index (Phi) is 642. The van der Waals surface area contributed by atoms with Crippen LogP contribution in [0.2, 0.25) is 0 Å². The lowest BCUT2D eigenvalue weighted by Gasteiger charge is -0.198. The van der Waals surface area contributed by atoms with Crippen molar-refractivity contribution in [3.05, 3.63) is 0 Å². The van der Waals surface area contributed by atoms with Crippen LogP contribution in [-0.2, 0) is 0 Å². The molecule has 0 aliphatic rings. The molecular weight excluding hydrogens is 108 g/mol. The van der Waals surface area contributed by atoms with Crippen LogP contribution in [0.4, 0.5) is 0 Å². The van der Waals surface area contributed by atoms with Crippen LogP contribution in [0.15, 0.2) is 0 Å². The van der Waals surface area contributed by atoms with Crippen LogP contribution in [0.3, 0.4) is 0 Å². The van der Waals surface area contributed by atoms with Gasteiger partial charge in [0.05, 0.1) is 0 Å². The maximum Gasteiger partial charge on any atom is -0.0776 e. The molecule has 0 aliphatic carbocycles. The fraction of sp³-hybridized carbons (Fsp3) is 1.00. The third kappa shape index (κ3) is 11.6. The molecule has 0 amide bonds. The summed E-state index contributed by atoms with van der Waals surface area (Å²) in [7, 11) is 0. The number of hydrogen-bond donors (Lipinski definition) is 0. The predicted octanol–water partition coefficient (Wildman–Crippen LogP) is 0.975. The second-order valence-electron chi connectivity index (χ2n) is 0. The lowest BCUT2D eigenvalue weighted by Crippen LogP contribution is 0.144. The molecule has 0 aromatic rings. The van der Waals surface area contributed by atoms with Crippen molar-refractivity contribution in [1.82, 2.24) is 0 Å². The minimum Gasteiger partial charge on any atom is -0.197 e. The Labute approximate surface area is 48.3 Å². The van der Waals surface area contributed by atoms with Gasteiger partial charge in [-0.25, -0.2) is 0 Å². The van der Waals surface area contributed by atoms with E-state index in [-0.39, 0.29) is 47.9 Å². The highest BCUT2D eigenvalue weighted by atomic mass is 32.1. The third-order valence-corrected chi connectivity index (χ3v) is 0. The van der Waals surface area contributed by atoms with Crippen LogP contribution in [0.25, 0.3) is 0 Å². The summed E-state index contributed by atoms with van der Waals surface area (Å²) in [5, 5.41) is 0. The molecule has 0 saturated heterocycles. The highest BCUT2D eigenvalue weighted by Gasteiger charge is -0.0775. The fourth-order valence-electron chi connectivity index (χ4n) is 0. The van der Waals surface area contributed by atoms with Crippen molar-refractivity contribution in [1.29, 1.82) is 0 Å². The molecule has 32 valence electrons. The summed E-state index contributed by atoms with van der Waals surface area (Å²) in [5.74, 6) is 0. The van der Waals surface area contributed by atoms with E-state index in [9.17, 15) is 0 Å². The molecule has 0 N–H and O–H groups in total. The lowest BCUT2D eigenvalue weighted by atomic mass is 12.0. The van der Waals surface area contributed by atoms with E-state index >= 15 is 0 Å². The Hall–Kier alpha value is 1.05. The topological polar surface area (TPSA) is 0 Å². The standard InChI is InChI=1S/CH4.3H2S/h1H4;3*1H2. The summed E-state index contributed by atoms with van der Waals surface area (Å²) in [5.41, 5.74) is 0. The molecule has 4 heavy (non-hydrogen) atoms. The molecule has 0 nitrogen and oxygen atoms in total. The zero-order valence-electron chi connectivity index (χ0n) is 1.50. The summed E-state index contributed by atoms with van der Waals surface area (Å²) < 4.78 is 0. The summed E-state index contributed by atoms with van der Waals surface area (Å²) in [6.07, 6.45) is 0. The van der Waals surface area contributed by atoms with Gasteiger partial charge in [-0.15, -0.1) is 0 Å². The molecular formula is CH10S3. The molecule has 0 spiro atoms. The molecule has 0 bridgehead atoms. The molecule has 0 aromatic carbocycles. The second-order valence-corrected chi connectivity index (χ2v) is 0. The van der Waals surface area contributed by atoms with Gasteiger partial charge in [-0.3, -0.25) is 0 Å². The predicted molar refractivity (Wildman–Crippen MR) is 37.9 cm³/mol. The maximum absolute atomic E-state index is 0. The van der Waals surface area contributed by atoms with Crippen molar-refractivity contribution >= 4 is 40.5 Å². The van der Waals surface area contributed by atoms with E-state index < -0.39 is 0 Å². The second kappa shape index (κ2) is 34.2. The lowest BCUT2D eigenvalue weighted by molar-refractivity contribution is 2.50. The molecule has 0 atom stereocenters. The Morgan fingerprint density at radius 1 is 0.500 bits per heavy atom. The Balaban J connectivity index is 0. The van der Waals surface area contributed by atoms with Gasteiger partial charge in [-0.2, -0.15) is 40.5 Å².